The van der Waals surface area contributed by atoms with Crippen molar-refractivity contribution in [2.45, 2.75) is 25.9 Å². The van der Waals surface area contributed by atoms with Crippen LogP contribution in [0.3, 0.4) is 0 Å². The van der Waals surface area contributed by atoms with Crippen LogP contribution in [0.15, 0.2) is 48.8 Å². The molecule has 1 aliphatic rings. The molecule has 1 saturated heterocycles. The monoisotopic (exact) mass is 371 g/mol. The second kappa shape index (κ2) is 10.5. The molecule has 0 amide bonds. The van der Waals surface area contributed by atoms with Gasteiger partial charge in [0, 0.05) is 45.7 Å². The normalized spacial score (nSPS) is 16.1. The number of benzene rings is 1. The third-order valence-corrected chi connectivity index (χ3v) is 5.29. The zero-order chi connectivity index (χ0) is 18.9. The van der Waals surface area contributed by atoms with Gasteiger partial charge in [0.15, 0.2) is 0 Å². The van der Waals surface area contributed by atoms with Gasteiger partial charge < -0.3 is 9.64 Å². The average Bonchev–Trinajstić information content (AvgIpc) is 2.68. The Kier molecular flexibility index (Phi) is 7.75. The molecule has 0 radical (unpaired) electrons. The highest BCUT2D eigenvalue weighted by molar-refractivity contribution is 5.17. The molecular formula is C22H30FN3O. The Hall–Kier alpha value is -1.82. The van der Waals surface area contributed by atoms with Crippen LogP contribution in [0.1, 0.15) is 24.0 Å². The Morgan fingerprint density at radius 2 is 1.85 bits per heavy atom. The van der Waals surface area contributed by atoms with E-state index in [0.29, 0.717) is 5.92 Å². The number of hydrogen-bond donors (Lipinski definition) is 0. The molecule has 1 aromatic heterocycles. The van der Waals surface area contributed by atoms with Gasteiger partial charge in [0.05, 0.1) is 6.61 Å². The fourth-order valence-corrected chi connectivity index (χ4v) is 3.80. The van der Waals surface area contributed by atoms with E-state index in [9.17, 15) is 4.39 Å². The molecule has 27 heavy (non-hydrogen) atoms. The van der Waals surface area contributed by atoms with E-state index in [-0.39, 0.29) is 5.82 Å². The molecule has 1 aromatic carbocycles. The number of halogens is 1. The summed E-state index contributed by atoms with van der Waals surface area (Å²) in [6, 6.07) is 11.1. The Bertz CT molecular complexity index is 674. The molecule has 0 spiro atoms. The van der Waals surface area contributed by atoms with E-state index < -0.39 is 0 Å². The summed E-state index contributed by atoms with van der Waals surface area (Å²) in [7, 11) is 1.76. The average molecular weight is 372 g/mol. The van der Waals surface area contributed by atoms with E-state index in [0.717, 1.165) is 51.4 Å². The Morgan fingerprint density at radius 3 is 2.56 bits per heavy atom. The van der Waals surface area contributed by atoms with Crippen LogP contribution in [0.5, 0.6) is 0 Å². The second-order valence-corrected chi connectivity index (χ2v) is 7.43. The van der Waals surface area contributed by atoms with Crippen LogP contribution in [0, 0.1) is 11.7 Å². The number of aromatic nitrogens is 1. The molecule has 5 heteroatoms. The lowest BCUT2D eigenvalue weighted by Gasteiger charge is -2.35. The molecule has 0 atom stereocenters. The summed E-state index contributed by atoms with van der Waals surface area (Å²) in [5.41, 5.74) is 2.28. The summed E-state index contributed by atoms with van der Waals surface area (Å²) in [5, 5.41) is 0. The number of hydrogen-bond acceptors (Lipinski definition) is 4. The first-order chi connectivity index (χ1) is 13.2. The van der Waals surface area contributed by atoms with Crippen molar-refractivity contribution in [2.75, 3.05) is 39.9 Å². The zero-order valence-corrected chi connectivity index (χ0v) is 16.2. The van der Waals surface area contributed by atoms with Crippen molar-refractivity contribution in [2.24, 2.45) is 5.92 Å². The van der Waals surface area contributed by atoms with E-state index in [1.54, 1.807) is 19.2 Å². The third kappa shape index (κ3) is 6.69. The van der Waals surface area contributed by atoms with Gasteiger partial charge in [0.1, 0.15) is 5.82 Å². The van der Waals surface area contributed by atoms with Crippen LogP contribution >= 0.6 is 0 Å². The van der Waals surface area contributed by atoms with Crippen LogP contribution in [0.4, 0.5) is 4.39 Å². The first-order valence-corrected chi connectivity index (χ1v) is 9.80. The zero-order valence-electron chi connectivity index (χ0n) is 16.2. The van der Waals surface area contributed by atoms with Crippen LogP contribution in [-0.4, -0.2) is 54.7 Å². The van der Waals surface area contributed by atoms with E-state index in [1.165, 1.54) is 24.5 Å². The van der Waals surface area contributed by atoms with Crippen LogP contribution < -0.4 is 0 Å². The van der Waals surface area contributed by atoms with Crippen molar-refractivity contribution in [1.29, 1.82) is 0 Å². The number of pyridine rings is 1. The van der Waals surface area contributed by atoms with Crippen molar-refractivity contribution in [3.8, 4) is 0 Å². The van der Waals surface area contributed by atoms with Crippen LogP contribution in [0.25, 0.3) is 0 Å². The minimum atomic E-state index is -0.164. The van der Waals surface area contributed by atoms with Crippen LogP contribution in [-0.2, 0) is 17.8 Å². The molecule has 1 fully saturated rings. The lowest BCUT2D eigenvalue weighted by molar-refractivity contribution is 0.104. The molecule has 0 N–H and O–H groups in total. The lowest BCUT2D eigenvalue weighted by atomic mass is 9.95. The van der Waals surface area contributed by atoms with Gasteiger partial charge in [-0.15, -0.1) is 0 Å². The summed E-state index contributed by atoms with van der Waals surface area (Å²) in [5.74, 6) is 0.516. The van der Waals surface area contributed by atoms with Gasteiger partial charge in [-0.1, -0.05) is 12.1 Å². The summed E-state index contributed by atoms with van der Waals surface area (Å²) in [6.45, 7) is 6.77. The van der Waals surface area contributed by atoms with Gasteiger partial charge in [-0.05, 0) is 67.2 Å². The van der Waals surface area contributed by atoms with Gasteiger partial charge in [-0.3, -0.25) is 9.88 Å². The molecule has 146 valence electrons. The summed E-state index contributed by atoms with van der Waals surface area (Å²) in [6.07, 6.45) is 6.09. The topological polar surface area (TPSA) is 28.6 Å². The molecular weight excluding hydrogens is 341 g/mol. The van der Waals surface area contributed by atoms with Crippen molar-refractivity contribution in [3.05, 3.63) is 65.7 Å². The summed E-state index contributed by atoms with van der Waals surface area (Å²) in [4.78, 5) is 9.04. The van der Waals surface area contributed by atoms with Crippen LogP contribution in [0.2, 0.25) is 0 Å². The van der Waals surface area contributed by atoms with Crippen molar-refractivity contribution < 1.29 is 9.13 Å². The number of piperidine rings is 1. The molecule has 4 nitrogen and oxygen atoms in total. The third-order valence-electron chi connectivity index (χ3n) is 5.29. The number of likely N-dealkylation sites (tertiary alicyclic amines) is 1. The molecule has 3 rings (SSSR count). The van der Waals surface area contributed by atoms with E-state index >= 15 is 0 Å². The largest absolute Gasteiger partial charge is 0.383 e. The Labute approximate surface area is 162 Å². The van der Waals surface area contributed by atoms with Crippen molar-refractivity contribution in [1.82, 2.24) is 14.8 Å². The Balaban J connectivity index is 1.60. The highest BCUT2D eigenvalue weighted by Crippen LogP contribution is 2.21. The SMILES string of the molecule is COCCN1CCC(CN(Cc2ccncc2)Cc2cccc(F)c2)CC1. The van der Waals surface area contributed by atoms with Gasteiger partial charge in [-0.25, -0.2) is 4.39 Å². The molecule has 0 saturated carbocycles. The predicted octanol–water partition coefficient (Wildman–Crippen LogP) is 3.58. The second-order valence-electron chi connectivity index (χ2n) is 7.43. The number of methoxy groups -OCH3 is 1. The molecule has 2 aromatic rings. The molecule has 1 aliphatic heterocycles. The van der Waals surface area contributed by atoms with E-state index in [2.05, 4.69) is 26.9 Å². The van der Waals surface area contributed by atoms with Gasteiger partial charge in [-0.2, -0.15) is 0 Å². The Morgan fingerprint density at radius 1 is 1.11 bits per heavy atom. The maximum atomic E-state index is 13.6. The van der Waals surface area contributed by atoms with Gasteiger partial charge in [0.2, 0.25) is 0 Å². The number of rotatable bonds is 9. The molecule has 2 heterocycles. The van der Waals surface area contributed by atoms with Gasteiger partial charge >= 0.3 is 0 Å². The molecule has 0 unspecified atom stereocenters. The standard InChI is InChI=1S/C22H30FN3O/c1-27-14-13-25-11-7-20(8-12-25)17-26(16-19-5-9-24-10-6-19)18-21-3-2-4-22(23)15-21/h2-6,9-10,15,20H,7-8,11-14,16-18H2,1H3. The maximum absolute atomic E-state index is 13.6. The number of ether oxygens (including phenoxy) is 1. The predicted molar refractivity (Wildman–Crippen MR) is 106 cm³/mol. The quantitative estimate of drug-likeness (QED) is 0.674. The van der Waals surface area contributed by atoms with Crippen molar-refractivity contribution in [3.63, 3.8) is 0 Å². The maximum Gasteiger partial charge on any atom is 0.123 e. The highest BCUT2D eigenvalue weighted by Gasteiger charge is 2.21. The smallest absolute Gasteiger partial charge is 0.123 e. The first-order valence-electron chi connectivity index (χ1n) is 9.80. The molecule has 0 bridgehead atoms. The lowest BCUT2D eigenvalue weighted by Crippen LogP contribution is -2.39. The minimum Gasteiger partial charge on any atom is -0.383 e. The fourth-order valence-electron chi connectivity index (χ4n) is 3.80. The number of nitrogens with zero attached hydrogens (tertiary/aromatic N) is 3. The van der Waals surface area contributed by atoms with Crippen molar-refractivity contribution >= 4 is 0 Å². The van der Waals surface area contributed by atoms with E-state index in [4.69, 9.17) is 4.74 Å². The summed E-state index contributed by atoms with van der Waals surface area (Å²) < 4.78 is 18.8. The first kappa shape index (κ1) is 19.9. The molecule has 0 aliphatic carbocycles. The van der Waals surface area contributed by atoms with E-state index in [1.807, 2.05) is 18.5 Å². The fraction of sp³-hybridized carbons (Fsp3) is 0.500. The summed E-state index contributed by atoms with van der Waals surface area (Å²) >= 11 is 0. The minimum absolute atomic E-state index is 0.164. The highest BCUT2D eigenvalue weighted by atomic mass is 19.1. The van der Waals surface area contributed by atoms with Gasteiger partial charge in [0.25, 0.3) is 0 Å².